The molecule has 0 spiro atoms. The van der Waals surface area contributed by atoms with Crippen LogP contribution in [0.2, 0.25) is 0 Å². The summed E-state index contributed by atoms with van der Waals surface area (Å²) in [4.78, 5) is 0. The van der Waals surface area contributed by atoms with Gasteiger partial charge in [0.15, 0.2) is 0 Å². The van der Waals surface area contributed by atoms with Crippen LogP contribution in [0, 0.1) is 5.92 Å². The summed E-state index contributed by atoms with van der Waals surface area (Å²) in [6.07, 6.45) is 1.07. The maximum atomic E-state index is 11.1. The molecule has 0 rings (SSSR count). The van der Waals surface area contributed by atoms with Gasteiger partial charge in [0.25, 0.3) is 0 Å². The summed E-state index contributed by atoms with van der Waals surface area (Å²) in [7, 11) is -1.62. The second-order valence-electron chi connectivity index (χ2n) is 4.01. The molecule has 86 valence electrons. The van der Waals surface area contributed by atoms with Gasteiger partial charge in [-0.05, 0) is 26.3 Å². The summed E-state index contributed by atoms with van der Waals surface area (Å²) >= 11 is 0. The first kappa shape index (κ1) is 13.9. The van der Waals surface area contributed by atoms with Crippen molar-refractivity contribution in [1.82, 2.24) is 10.0 Å². The Morgan fingerprint density at radius 1 is 1.21 bits per heavy atom. The SMILES string of the molecule is CNS(=O)(=O)CCNC(C)CC(C)C. The first-order chi connectivity index (χ1) is 6.37. The fraction of sp³-hybridized carbons (Fsp3) is 1.00. The lowest BCUT2D eigenvalue weighted by atomic mass is 10.1. The average Bonchev–Trinajstić information content (AvgIpc) is 2.02. The first-order valence-electron chi connectivity index (χ1n) is 5.02. The Hall–Kier alpha value is -0.130. The van der Waals surface area contributed by atoms with Gasteiger partial charge in [0.05, 0.1) is 5.75 Å². The Morgan fingerprint density at radius 3 is 2.21 bits per heavy atom. The molecular weight excluding hydrogens is 200 g/mol. The highest BCUT2D eigenvalue weighted by molar-refractivity contribution is 7.89. The highest BCUT2D eigenvalue weighted by atomic mass is 32.2. The van der Waals surface area contributed by atoms with Crippen LogP contribution in [0.25, 0.3) is 0 Å². The molecule has 0 saturated carbocycles. The highest BCUT2D eigenvalue weighted by Crippen LogP contribution is 2.03. The van der Waals surface area contributed by atoms with Gasteiger partial charge in [-0.2, -0.15) is 0 Å². The molecule has 14 heavy (non-hydrogen) atoms. The molecule has 5 heteroatoms. The Labute approximate surface area is 87.5 Å². The lowest BCUT2D eigenvalue weighted by molar-refractivity contribution is 0.450. The maximum absolute atomic E-state index is 11.1. The number of rotatable bonds is 7. The van der Waals surface area contributed by atoms with Crippen molar-refractivity contribution in [3.63, 3.8) is 0 Å². The van der Waals surface area contributed by atoms with Gasteiger partial charge >= 0.3 is 0 Å². The van der Waals surface area contributed by atoms with Gasteiger partial charge in [0.2, 0.25) is 10.0 Å². The quantitative estimate of drug-likeness (QED) is 0.662. The molecule has 0 aliphatic carbocycles. The van der Waals surface area contributed by atoms with Crippen LogP contribution in [-0.4, -0.2) is 33.8 Å². The van der Waals surface area contributed by atoms with Crippen LogP contribution in [0.4, 0.5) is 0 Å². The molecule has 1 atom stereocenters. The maximum Gasteiger partial charge on any atom is 0.212 e. The third-order valence-electron chi connectivity index (χ3n) is 2.00. The lowest BCUT2D eigenvalue weighted by Gasteiger charge is -2.15. The molecule has 0 aromatic carbocycles. The predicted molar refractivity (Wildman–Crippen MR) is 59.8 cm³/mol. The third-order valence-corrected chi connectivity index (χ3v) is 3.36. The summed E-state index contributed by atoms with van der Waals surface area (Å²) in [5.41, 5.74) is 0. The van der Waals surface area contributed by atoms with E-state index in [1.165, 1.54) is 7.05 Å². The lowest BCUT2D eigenvalue weighted by Crippen LogP contribution is -2.34. The van der Waals surface area contributed by atoms with E-state index in [2.05, 4.69) is 30.8 Å². The minimum absolute atomic E-state index is 0.145. The van der Waals surface area contributed by atoms with E-state index < -0.39 is 10.0 Å². The minimum Gasteiger partial charge on any atom is -0.313 e. The van der Waals surface area contributed by atoms with Crippen molar-refractivity contribution in [2.24, 2.45) is 5.92 Å². The molecule has 0 aliphatic rings. The van der Waals surface area contributed by atoms with Crippen LogP contribution >= 0.6 is 0 Å². The third kappa shape index (κ3) is 7.29. The van der Waals surface area contributed by atoms with E-state index in [9.17, 15) is 8.42 Å². The van der Waals surface area contributed by atoms with Crippen molar-refractivity contribution in [2.45, 2.75) is 33.2 Å². The Balaban J connectivity index is 3.64. The molecule has 0 radical (unpaired) electrons. The van der Waals surface area contributed by atoms with Gasteiger partial charge < -0.3 is 5.32 Å². The molecule has 0 amide bonds. The van der Waals surface area contributed by atoms with E-state index in [0.29, 0.717) is 18.5 Å². The molecule has 2 N–H and O–H groups in total. The summed E-state index contributed by atoms with van der Waals surface area (Å²) < 4.78 is 24.4. The van der Waals surface area contributed by atoms with E-state index in [1.54, 1.807) is 0 Å². The van der Waals surface area contributed by atoms with Crippen molar-refractivity contribution in [3.8, 4) is 0 Å². The van der Waals surface area contributed by atoms with Crippen LogP contribution in [0.1, 0.15) is 27.2 Å². The second-order valence-corrected chi connectivity index (χ2v) is 6.05. The molecule has 0 fully saturated rings. The van der Waals surface area contributed by atoms with Gasteiger partial charge in [-0.25, -0.2) is 13.1 Å². The van der Waals surface area contributed by atoms with E-state index in [4.69, 9.17) is 0 Å². The van der Waals surface area contributed by atoms with Crippen molar-refractivity contribution in [3.05, 3.63) is 0 Å². The standard InChI is InChI=1S/C9H22N2O2S/c1-8(2)7-9(3)11-5-6-14(12,13)10-4/h8-11H,5-7H2,1-4H3. The topological polar surface area (TPSA) is 58.2 Å². The first-order valence-corrected chi connectivity index (χ1v) is 6.67. The molecule has 0 aliphatic heterocycles. The molecule has 4 nitrogen and oxygen atoms in total. The Morgan fingerprint density at radius 2 is 1.79 bits per heavy atom. The van der Waals surface area contributed by atoms with Gasteiger partial charge in [0, 0.05) is 12.6 Å². The van der Waals surface area contributed by atoms with Gasteiger partial charge in [-0.15, -0.1) is 0 Å². The van der Waals surface area contributed by atoms with Gasteiger partial charge in [-0.1, -0.05) is 13.8 Å². The number of hydrogen-bond acceptors (Lipinski definition) is 3. The highest BCUT2D eigenvalue weighted by Gasteiger charge is 2.08. The van der Waals surface area contributed by atoms with Crippen LogP contribution in [-0.2, 0) is 10.0 Å². The number of nitrogens with one attached hydrogen (secondary N) is 2. The zero-order valence-electron chi connectivity index (χ0n) is 9.50. The fourth-order valence-electron chi connectivity index (χ4n) is 1.33. The average molecular weight is 222 g/mol. The molecule has 0 aromatic heterocycles. The monoisotopic (exact) mass is 222 g/mol. The molecule has 0 heterocycles. The normalized spacial score (nSPS) is 14.6. The van der Waals surface area contributed by atoms with E-state index in [0.717, 1.165) is 6.42 Å². The Kier molecular flexibility index (Phi) is 6.31. The van der Waals surface area contributed by atoms with Crippen LogP contribution in [0.3, 0.4) is 0 Å². The number of sulfonamides is 1. The van der Waals surface area contributed by atoms with Crippen molar-refractivity contribution in [1.29, 1.82) is 0 Å². The van der Waals surface area contributed by atoms with E-state index in [1.807, 2.05) is 0 Å². The largest absolute Gasteiger partial charge is 0.313 e. The van der Waals surface area contributed by atoms with E-state index >= 15 is 0 Å². The second kappa shape index (κ2) is 6.37. The predicted octanol–water partition coefficient (Wildman–Crippen LogP) is 0.560. The molecule has 0 saturated heterocycles. The molecular formula is C9H22N2O2S. The van der Waals surface area contributed by atoms with Crippen molar-refractivity contribution >= 4 is 10.0 Å². The van der Waals surface area contributed by atoms with Crippen molar-refractivity contribution < 1.29 is 8.42 Å². The summed E-state index contributed by atoms with van der Waals surface area (Å²) in [5, 5.41) is 3.19. The molecule has 1 unspecified atom stereocenters. The summed E-state index contributed by atoms with van der Waals surface area (Å²) in [5.74, 6) is 0.782. The zero-order chi connectivity index (χ0) is 11.2. The van der Waals surface area contributed by atoms with E-state index in [-0.39, 0.29) is 5.75 Å². The van der Waals surface area contributed by atoms with Gasteiger partial charge in [-0.3, -0.25) is 0 Å². The van der Waals surface area contributed by atoms with Crippen LogP contribution in [0.5, 0.6) is 0 Å². The van der Waals surface area contributed by atoms with Crippen LogP contribution in [0.15, 0.2) is 0 Å². The molecule has 0 bridgehead atoms. The fourth-order valence-corrected chi connectivity index (χ4v) is 1.92. The smallest absolute Gasteiger partial charge is 0.212 e. The number of hydrogen-bond donors (Lipinski definition) is 2. The van der Waals surface area contributed by atoms with Crippen molar-refractivity contribution in [2.75, 3.05) is 19.3 Å². The van der Waals surface area contributed by atoms with Gasteiger partial charge in [0.1, 0.15) is 0 Å². The molecule has 0 aromatic rings. The van der Waals surface area contributed by atoms with Crippen LogP contribution < -0.4 is 10.0 Å². The minimum atomic E-state index is -3.06. The summed E-state index contributed by atoms with van der Waals surface area (Å²) in [6.45, 7) is 6.90. The zero-order valence-corrected chi connectivity index (χ0v) is 10.3. The Bertz CT molecular complexity index is 237. The summed E-state index contributed by atoms with van der Waals surface area (Å²) in [6, 6.07) is 0.377.